The smallest absolute Gasteiger partial charge is 0.00697 e. The fourth-order valence-corrected chi connectivity index (χ4v) is 1.80. The number of rotatable bonds is 4. The van der Waals surface area contributed by atoms with Crippen molar-refractivity contribution in [3.05, 3.63) is 0 Å². The van der Waals surface area contributed by atoms with E-state index in [4.69, 9.17) is 5.73 Å². The third-order valence-electron chi connectivity index (χ3n) is 2.51. The summed E-state index contributed by atoms with van der Waals surface area (Å²) in [5, 5.41) is 3.53. The maximum Gasteiger partial charge on any atom is 0.00697 e. The summed E-state index contributed by atoms with van der Waals surface area (Å²) >= 11 is 0. The van der Waals surface area contributed by atoms with E-state index in [0.717, 1.165) is 31.5 Å². The normalized spacial score (nSPS) is 31.1. The molecule has 0 bridgehead atoms. The van der Waals surface area contributed by atoms with E-state index in [1.165, 1.54) is 19.3 Å². The summed E-state index contributed by atoms with van der Waals surface area (Å²) in [7, 11) is 0. The van der Waals surface area contributed by atoms with Crippen molar-refractivity contribution in [2.75, 3.05) is 13.1 Å². The van der Waals surface area contributed by atoms with Gasteiger partial charge in [-0.2, -0.15) is 0 Å². The molecule has 0 spiro atoms. The van der Waals surface area contributed by atoms with E-state index in [9.17, 15) is 0 Å². The molecule has 11 heavy (non-hydrogen) atoms. The number of hydrogen-bond acceptors (Lipinski definition) is 2. The van der Waals surface area contributed by atoms with E-state index < -0.39 is 0 Å². The van der Waals surface area contributed by atoms with Crippen LogP contribution < -0.4 is 11.1 Å². The van der Waals surface area contributed by atoms with Crippen LogP contribution in [0.2, 0.25) is 0 Å². The van der Waals surface area contributed by atoms with Gasteiger partial charge in [0.15, 0.2) is 0 Å². The van der Waals surface area contributed by atoms with Gasteiger partial charge in [0.25, 0.3) is 0 Å². The highest BCUT2D eigenvalue weighted by Gasteiger charge is 2.19. The summed E-state index contributed by atoms with van der Waals surface area (Å²) in [6.07, 6.45) is 5.25. The Morgan fingerprint density at radius 3 is 2.82 bits per heavy atom. The van der Waals surface area contributed by atoms with Crippen molar-refractivity contribution in [2.24, 2.45) is 11.7 Å². The Labute approximate surface area is 69.5 Å². The van der Waals surface area contributed by atoms with Crippen molar-refractivity contribution in [1.29, 1.82) is 0 Å². The highest BCUT2D eigenvalue weighted by atomic mass is 14.9. The number of nitrogens with one attached hydrogen (secondary N) is 1. The molecule has 1 fully saturated rings. The maximum absolute atomic E-state index is 5.40. The molecule has 0 aromatic heterocycles. The fraction of sp³-hybridized carbons (Fsp3) is 1.00. The topological polar surface area (TPSA) is 38.0 Å². The highest BCUT2D eigenvalue weighted by Crippen LogP contribution is 2.24. The molecular weight excluding hydrogens is 136 g/mol. The van der Waals surface area contributed by atoms with Crippen LogP contribution in [0.3, 0.4) is 0 Å². The van der Waals surface area contributed by atoms with E-state index >= 15 is 0 Å². The molecule has 1 aliphatic carbocycles. The van der Waals surface area contributed by atoms with Gasteiger partial charge in [0.1, 0.15) is 0 Å². The van der Waals surface area contributed by atoms with Gasteiger partial charge in [-0.3, -0.25) is 0 Å². The molecule has 3 N–H and O–H groups in total. The minimum Gasteiger partial charge on any atom is -0.330 e. The third-order valence-corrected chi connectivity index (χ3v) is 2.51. The van der Waals surface area contributed by atoms with Crippen LogP contribution in [0, 0.1) is 5.92 Å². The molecule has 0 radical (unpaired) electrons. The molecule has 2 unspecified atom stereocenters. The van der Waals surface area contributed by atoms with Gasteiger partial charge < -0.3 is 11.1 Å². The average Bonchev–Trinajstić information content (AvgIpc) is 2.37. The zero-order chi connectivity index (χ0) is 8.10. The highest BCUT2D eigenvalue weighted by molar-refractivity contribution is 4.77. The third kappa shape index (κ3) is 3.21. The lowest BCUT2D eigenvalue weighted by atomic mass is 10.1. The van der Waals surface area contributed by atoms with Crippen molar-refractivity contribution in [1.82, 2.24) is 5.32 Å². The van der Waals surface area contributed by atoms with Gasteiger partial charge in [-0.15, -0.1) is 0 Å². The van der Waals surface area contributed by atoms with Crippen LogP contribution in [0.4, 0.5) is 0 Å². The minimum absolute atomic E-state index is 0.788. The molecule has 0 heterocycles. The maximum atomic E-state index is 5.40. The Kier molecular flexibility index (Phi) is 3.87. The van der Waals surface area contributed by atoms with Crippen molar-refractivity contribution >= 4 is 0 Å². The van der Waals surface area contributed by atoms with Gasteiger partial charge in [-0.25, -0.2) is 0 Å². The van der Waals surface area contributed by atoms with E-state index in [1.807, 2.05) is 0 Å². The molecular formula is C9H20N2. The molecule has 1 aliphatic rings. The SMILES string of the molecule is CC1CCC(NCCCN)C1. The van der Waals surface area contributed by atoms with Crippen LogP contribution in [0.5, 0.6) is 0 Å². The van der Waals surface area contributed by atoms with Crippen molar-refractivity contribution in [2.45, 2.75) is 38.6 Å². The summed E-state index contributed by atoms with van der Waals surface area (Å²) < 4.78 is 0. The molecule has 2 nitrogen and oxygen atoms in total. The number of nitrogens with two attached hydrogens (primary N) is 1. The molecule has 2 atom stereocenters. The average molecular weight is 156 g/mol. The molecule has 66 valence electrons. The minimum atomic E-state index is 0.788. The number of hydrogen-bond donors (Lipinski definition) is 2. The van der Waals surface area contributed by atoms with E-state index in [1.54, 1.807) is 0 Å². The van der Waals surface area contributed by atoms with Crippen LogP contribution in [-0.4, -0.2) is 19.1 Å². The molecule has 0 aliphatic heterocycles. The lowest BCUT2D eigenvalue weighted by Crippen LogP contribution is -2.28. The largest absolute Gasteiger partial charge is 0.330 e. The Hall–Kier alpha value is -0.0800. The van der Waals surface area contributed by atoms with Gasteiger partial charge >= 0.3 is 0 Å². The van der Waals surface area contributed by atoms with Crippen molar-refractivity contribution < 1.29 is 0 Å². The molecule has 1 rings (SSSR count). The second-order valence-electron chi connectivity index (χ2n) is 3.71. The first-order valence-corrected chi connectivity index (χ1v) is 4.76. The van der Waals surface area contributed by atoms with Crippen molar-refractivity contribution in [3.63, 3.8) is 0 Å². The summed E-state index contributed by atoms with van der Waals surface area (Å²) in [6.45, 7) is 4.26. The van der Waals surface area contributed by atoms with E-state index in [-0.39, 0.29) is 0 Å². The molecule has 0 aromatic rings. The van der Waals surface area contributed by atoms with E-state index in [0.29, 0.717) is 0 Å². The Bertz CT molecular complexity index is 104. The lowest BCUT2D eigenvalue weighted by molar-refractivity contribution is 0.498. The van der Waals surface area contributed by atoms with E-state index in [2.05, 4.69) is 12.2 Å². The predicted octanol–water partition coefficient (Wildman–Crippen LogP) is 1.11. The van der Waals surface area contributed by atoms with Crippen LogP contribution in [0.1, 0.15) is 32.6 Å². The summed E-state index contributed by atoms with van der Waals surface area (Å²) in [5.41, 5.74) is 5.40. The molecule has 0 saturated heterocycles. The lowest BCUT2D eigenvalue weighted by Gasteiger charge is -2.10. The zero-order valence-corrected chi connectivity index (χ0v) is 7.47. The van der Waals surface area contributed by atoms with Gasteiger partial charge in [0.05, 0.1) is 0 Å². The zero-order valence-electron chi connectivity index (χ0n) is 7.47. The molecule has 2 heteroatoms. The van der Waals surface area contributed by atoms with Gasteiger partial charge in [-0.05, 0) is 44.7 Å². The van der Waals surface area contributed by atoms with Gasteiger partial charge in [0, 0.05) is 6.04 Å². The van der Waals surface area contributed by atoms with Crippen LogP contribution >= 0.6 is 0 Å². The first-order valence-electron chi connectivity index (χ1n) is 4.76. The van der Waals surface area contributed by atoms with Gasteiger partial charge in [-0.1, -0.05) is 6.92 Å². The fourth-order valence-electron chi connectivity index (χ4n) is 1.80. The first kappa shape index (κ1) is 9.01. The Balaban J connectivity index is 1.99. The standard InChI is InChI=1S/C9H20N2/c1-8-3-4-9(7-8)11-6-2-5-10/h8-9,11H,2-7,10H2,1H3. The monoisotopic (exact) mass is 156 g/mol. The Morgan fingerprint density at radius 2 is 2.27 bits per heavy atom. The molecule has 1 saturated carbocycles. The summed E-state index contributed by atoms with van der Waals surface area (Å²) in [5.74, 6) is 0.936. The molecule has 0 aromatic carbocycles. The van der Waals surface area contributed by atoms with Crippen molar-refractivity contribution in [3.8, 4) is 0 Å². The van der Waals surface area contributed by atoms with Crippen LogP contribution in [-0.2, 0) is 0 Å². The molecule has 0 amide bonds. The quantitative estimate of drug-likeness (QED) is 0.598. The Morgan fingerprint density at radius 1 is 1.45 bits per heavy atom. The van der Waals surface area contributed by atoms with Crippen LogP contribution in [0.25, 0.3) is 0 Å². The second kappa shape index (κ2) is 4.73. The predicted molar refractivity (Wildman–Crippen MR) is 48.5 cm³/mol. The van der Waals surface area contributed by atoms with Gasteiger partial charge in [0.2, 0.25) is 0 Å². The second-order valence-corrected chi connectivity index (χ2v) is 3.71. The summed E-state index contributed by atoms with van der Waals surface area (Å²) in [4.78, 5) is 0. The van der Waals surface area contributed by atoms with Crippen LogP contribution in [0.15, 0.2) is 0 Å². The summed E-state index contributed by atoms with van der Waals surface area (Å²) in [6, 6.07) is 0.788. The first-order chi connectivity index (χ1) is 5.33.